The minimum atomic E-state index is -0.862. The van der Waals surface area contributed by atoms with E-state index in [-0.39, 0.29) is 41.7 Å². The molecule has 0 bridgehead atoms. The van der Waals surface area contributed by atoms with Crippen molar-refractivity contribution in [3.63, 3.8) is 0 Å². The fraction of sp³-hybridized carbons (Fsp3) is 0.231. The molecule has 0 atom stereocenters. The van der Waals surface area contributed by atoms with E-state index in [1.165, 1.54) is 6.92 Å². The smallest absolute Gasteiger partial charge is 0.872 e. The summed E-state index contributed by atoms with van der Waals surface area (Å²) in [6.07, 6.45) is 1.80. The molecule has 0 radical (unpaired) electrons. The number of Topliss-reactive ketones (excluding diaryl/α,β-unsaturated/α-hetero) is 1. The van der Waals surface area contributed by atoms with Crippen LogP contribution in [0.3, 0.4) is 0 Å². The Morgan fingerprint density at radius 3 is 2.68 bits per heavy atom. The molecule has 2 heterocycles. The van der Waals surface area contributed by atoms with Crippen molar-refractivity contribution >= 4 is 5.78 Å². The zero-order valence-corrected chi connectivity index (χ0v) is 13.1. The number of aryl methyl sites for hydroxylation is 2. The van der Waals surface area contributed by atoms with Crippen LogP contribution >= 0.6 is 0 Å². The van der Waals surface area contributed by atoms with Crippen molar-refractivity contribution in [2.75, 3.05) is 0 Å². The van der Waals surface area contributed by atoms with E-state index in [0.29, 0.717) is 0 Å². The molecule has 0 aromatic carbocycles. The number of carbonyl (C=O) groups is 1. The van der Waals surface area contributed by atoms with Gasteiger partial charge in [-0.15, -0.1) is 0 Å². The van der Waals surface area contributed by atoms with Gasteiger partial charge in [-0.25, -0.2) is 4.79 Å². The predicted molar refractivity (Wildman–Crippen MR) is 62.6 cm³/mol. The summed E-state index contributed by atoms with van der Waals surface area (Å²) in [7, 11) is 1.79. The van der Waals surface area contributed by atoms with Gasteiger partial charge in [0.15, 0.2) is 5.78 Å². The number of aromatic nitrogens is 1. The van der Waals surface area contributed by atoms with E-state index in [1.807, 2.05) is 0 Å². The van der Waals surface area contributed by atoms with Crippen LogP contribution in [0.1, 0.15) is 21.8 Å². The number of carbonyl (C=O) groups excluding carboxylic acids is 1. The second-order valence-electron chi connectivity index (χ2n) is 4.09. The normalized spacial score (nSPS) is 10.0. The topological polar surface area (TPSA) is 75.3 Å². The SMILES string of the molecule is Cc1cc([O-])c(C(=O)Cc2cccn2C)c(=O)o1.[Na+]. The average molecular weight is 269 g/mol. The maximum atomic E-state index is 11.9. The quantitative estimate of drug-likeness (QED) is 0.468. The minimum Gasteiger partial charge on any atom is -0.872 e. The van der Waals surface area contributed by atoms with E-state index in [9.17, 15) is 14.7 Å². The average Bonchev–Trinajstić information content (AvgIpc) is 2.62. The van der Waals surface area contributed by atoms with Crippen LogP contribution in [0.4, 0.5) is 0 Å². The molecular weight excluding hydrogens is 257 g/mol. The Bertz CT molecular complexity index is 657. The standard InChI is InChI=1S/C13H13NO4.Na/c1-8-6-10(15)12(13(17)18-8)11(16)7-9-4-3-5-14(9)2;/h3-6,15H,7H2,1-2H3;/q;+1/p-1. The molecule has 0 unspecified atom stereocenters. The molecular formula is C13H12NNaO4. The van der Waals surface area contributed by atoms with Gasteiger partial charge in [-0.2, -0.15) is 0 Å². The third-order valence-electron chi connectivity index (χ3n) is 2.71. The van der Waals surface area contributed by atoms with Crippen LogP contribution in [0.5, 0.6) is 5.75 Å². The summed E-state index contributed by atoms with van der Waals surface area (Å²) in [4.78, 5) is 23.5. The molecule has 19 heavy (non-hydrogen) atoms. The van der Waals surface area contributed by atoms with Crippen molar-refractivity contribution in [2.24, 2.45) is 7.05 Å². The van der Waals surface area contributed by atoms with Crippen LogP contribution in [-0.2, 0) is 13.5 Å². The van der Waals surface area contributed by atoms with Crippen molar-refractivity contribution in [2.45, 2.75) is 13.3 Å². The Morgan fingerprint density at radius 2 is 2.16 bits per heavy atom. The number of hydrogen-bond donors (Lipinski definition) is 0. The van der Waals surface area contributed by atoms with Gasteiger partial charge in [0.2, 0.25) is 0 Å². The number of rotatable bonds is 3. The zero-order chi connectivity index (χ0) is 13.3. The third kappa shape index (κ3) is 3.37. The van der Waals surface area contributed by atoms with Gasteiger partial charge in [0, 0.05) is 18.9 Å². The molecule has 5 nitrogen and oxygen atoms in total. The molecule has 2 rings (SSSR count). The van der Waals surface area contributed by atoms with E-state index >= 15 is 0 Å². The first-order chi connectivity index (χ1) is 8.49. The summed E-state index contributed by atoms with van der Waals surface area (Å²) in [6.45, 7) is 1.49. The van der Waals surface area contributed by atoms with Gasteiger partial charge in [0.25, 0.3) is 0 Å². The minimum absolute atomic E-state index is 0. The molecule has 0 amide bonds. The molecule has 0 saturated heterocycles. The van der Waals surface area contributed by atoms with E-state index in [0.717, 1.165) is 11.8 Å². The first-order valence-electron chi connectivity index (χ1n) is 5.44. The maximum Gasteiger partial charge on any atom is 1.00 e. The summed E-state index contributed by atoms with van der Waals surface area (Å²) in [5.41, 5.74) is -0.527. The van der Waals surface area contributed by atoms with Crippen LogP contribution in [0.25, 0.3) is 0 Å². The molecule has 0 aliphatic heterocycles. The second kappa shape index (κ2) is 6.23. The van der Waals surface area contributed by atoms with Gasteiger partial charge >= 0.3 is 35.2 Å². The van der Waals surface area contributed by atoms with Gasteiger partial charge in [-0.3, -0.25) is 4.79 Å². The fourth-order valence-electron chi connectivity index (χ4n) is 1.77. The largest absolute Gasteiger partial charge is 1.00 e. The van der Waals surface area contributed by atoms with Crippen molar-refractivity contribution < 1.29 is 43.9 Å². The Morgan fingerprint density at radius 1 is 1.47 bits per heavy atom. The van der Waals surface area contributed by atoms with Crippen LogP contribution in [0.2, 0.25) is 0 Å². The van der Waals surface area contributed by atoms with Crippen molar-refractivity contribution in [1.29, 1.82) is 0 Å². The molecule has 0 N–H and O–H groups in total. The predicted octanol–water partition coefficient (Wildman–Crippen LogP) is -2.21. The van der Waals surface area contributed by atoms with Crippen LogP contribution in [0.15, 0.2) is 33.6 Å². The zero-order valence-electron chi connectivity index (χ0n) is 11.1. The number of nitrogens with zero attached hydrogens (tertiary/aromatic N) is 1. The molecule has 0 fully saturated rings. The van der Waals surface area contributed by atoms with Crippen molar-refractivity contribution in [3.05, 3.63) is 51.8 Å². The van der Waals surface area contributed by atoms with Gasteiger partial charge < -0.3 is 14.1 Å². The van der Waals surface area contributed by atoms with Gasteiger partial charge in [0.05, 0.1) is 12.0 Å². The third-order valence-corrected chi connectivity index (χ3v) is 2.71. The van der Waals surface area contributed by atoms with Crippen LogP contribution in [0, 0.1) is 6.92 Å². The van der Waals surface area contributed by atoms with E-state index in [1.54, 1.807) is 29.9 Å². The van der Waals surface area contributed by atoms with E-state index in [4.69, 9.17) is 4.42 Å². The molecule has 2 aromatic rings. The molecule has 2 aromatic heterocycles. The summed E-state index contributed by atoms with van der Waals surface area (Å²) in [6, 6.07) is 4.70. The van der Waals surface area contributed by atoms with Crippen molar-refractivity contribution in [1.82, 2.24) is 4.57 Å². The van der Waals surface area contributed by atoms with E-state index in [2.05, 4.69) is 0 Å². The number of ketones is 1. The van der Waals surface area contributed by atoms with Gasteiger partial charge in [-0.1, -0.05) is 5.75 Å². The van der Waals surface area contributed by atoms with Crippen molar-refractivity contribution in [3.8, 4) is 5.75 Å². The second-order valence-corrected chi connectivity index (χ2v) is 4.09. The molecule has 0 saturated carbocycles. The Kier molecular flexibility index (Phi) is 5.17. The first-order valence-corrected chi connectivity index (χ1v) is 5.44. The molecule has 0 aliphatic rings. The molecule has 0 spiro atoms. The summed E-state index contributed by atoms with van der Waals surface area (Å²) in [5.74, 6) is -0.890. The molecule has 6 heteroatoms. The molecule has 94 valence electrons. The Labute approximate surface area is 132 Å². The number of hydrogen-bond acceptors (Lipinski definition) is 4. The summed E-state index contributed by atoms with van der Waals surface area (Å²) in [5, 5.41) is 11.6. The Balaban J connectivity index is 0.00000180. The summed E-state index contributed by atoms with van der Waals surface area (Å²) < 4.78 is 6.54. The summed E-state index contributed by atoms with van der Waals surface area (Å²) >= 11 is 0. The Hall–Kier alpha value is -1.30. The van der Waals surface area contributed by atoms with Crippen LogP contribution in [-0.4, -0.2) is 10.4 Å². The fourth-order valence-corrected chi connectivity index (χ4v) is 1.77. The monoisotopic (exact) mass is 269 g/mol. The maximum absolute atomic E-state index is 11.9. The van der Waals surface area contributed by atoms with Gasteiger partial charge in [-0.05, 0) is 25.1 Å². The van der Waals surface area contributed by atoms with Gasteiger partial charge in [0.1, 0.15) is 5.76 Å². The van der Waals surface area contributed by atoms with E-state index < -0.39 is 22.7 Å². The van der Waals surface area contributed by atoms with Crippen LogP contribution < -0.4 is 40.3 Å². The molecule has 0 aliphatic carbocycles. The first kappa shape index (κ1) is 15.8.